The van der Waals surface area contributed by atoms with E-state index < -0.39 is 24.0 Å². The summed E-state index contributed by atoms with van der Waals surface area (Å²) in [6.45, 7) is 1.36. The number of hydrogen-bond acceptors (Lipinski definition) is 6. The first-order chi connectivity index (χ1) is 15.1. The minimum Gasteiger partial charge on any atom is -0.428 e. The molecule has 32 heavy (non-hydrogen) atoms. The second-order valence-corrected chi connectivity index (χ2v) is 6.88. The molecule has 0 aliphatic heterocycles. The zero-order valence-corrected chi connectivity index (χ0v) is 17.4. The minimum atomic E-state index is -4.63. The van der Waals surface area contributed by atoms with Gasteiger partial charge < -0.3 is 9.57 Å². The topological polar surface area (TPSA) is 83.5 Å². The van der Waals surface area contributed by atoms with E-state index in [-0.39, 0.29) is 17.3 Å². The van der Waals surface area contributed by atoms with Crippen LogP contribution in [-0.2, 0) is 18.5 Å². The van der Waals surface area contributed by atoms with E-state index in [4.69, 9.17) is 16.4 Å². The number of ether oxygens (including phenoxy) is 1. The van der Waals surface area contributed by atoms with Crippen molar-refractivity contribution >= 4 is 17.3 Å². The van der Waals surface area contributed by atoms with Crippen LogP contribution in [0.5, 0.6) is 5.75 Å². The Morgan fingerprint density at radius 1 is 1.22 bits per heavy atom. The molecule has 13 heteroatoms. The van der Waals surface area contributed by atoms with Gasteiger partial charge in [-0.2, -0.15) is 26.9 Å². The number of aromatic nitrogens is 4. The van der Waals surface area contributed by atoms with Crippen molar-refractivity contribution in [3.8, 4) is 11.4 Å². The highest BCUT2D eigenvalue weighted by atomic mass is 35.5. The molecule has 0 N–H and O–H groups in total. The lowest BCUT2D eigenvalue weighted by molar-refractivity contribution is -0.253. The third-order valence-electron chi connectivity index (χ3n) is 4.21. The summed E-state index contributed by atoms with van der Waals surface area (Å²) in [6, 6.07) is 9.90. The number of rotatable bonds is 8. The Morgan fingerprint density at radius 2 is 1.94 bits per heavy atom. The van der Waals surface area contributed by atoms with Gasteiger partial charge >= 0.3 is 18.2 Å². The van der Waals surface area contributed by atoms with E-state index in [0.717, 1.165) is 21.5 Å². The summed E-state index contributed by atoms with van der Waals surface area (Å²) >= 11 is 6.23. The first-order valence-electron chi connectivity index (χ1n) is 8.99. The summed E-state index contributed by atoms with van der Waals surface area (Å²) in [5.74, 6) is -0.460. The molecule has 0 unspecified atom stereocenters. The zero-order valence-electron chi connectivity index (χ0n) is 16.7. The lowest BCUT2D eigenvalue weighted by atomic mass is 10.1. The molecule has 1 aromatic heterocycles. The summed E-state index contributed by atoms with van der Waals surface area (Å²) < 4.78 is 57.1. The predicted molar refractivity (Wildman–Crippen MR) is 107 cm³/mol. The van der Waals surface area contributed by atoms with E-state index in [2.05, 4.69) is 20.3 Å². The molecule has 3 rings (SSSR count). The molecule has 3 aromatic rings. The van der Waals surface area contributed by atoms with Gasteiger partial charge in [0.25, 0.3) is 0 Å². The SMILES string of the molecule is CC(=NOCc1c(Cl)cccc1-n1nnn(C)c1=O)c1cccc(OC(F)(F)C(F)F)c1. The molecule has 0 radical (unpaired) electrons. The fourth-order valence-corrected chi connectivity index (χ4v) is 2.81. The largest absolute Gasteiger partial charge is 0.461 e. The number of benzene rings is 2. The highest BCUT2D eigenvalue weighted by molar-refractivity contribution is 6.31. The van der Waals surface area contributed by atoms with Crippen LogP contribution < -0.4 is 10.4 Å². The minimum absolute atomic E-state index is 0.158. The summed E-state index contributed by atoms with van der Waals surface area (Å²) in [5, 5.41) is 11.6. The molecule has 0 saturated heterocycles. The van der Waals surface area contributed by atoms with Crippen molar-refractivity contribution in [2.45, 2.75) is 26.1 Å². The van der Waals surface area contributed by atoms with Crippen LogP contribution in [0.1, 0.15) is 18.1 Å². The van der Waals surface area contributed by atoms with Crippen LogP contribution in [0, 0.1) is 0 Å². The van der Waals surface area contributed by atoms with Gasteiger partial charge in [-0.1, -0.05) is 35.0 Å². The molecule has 0 saturated carbocycles. The van der Waals surface area contributed by atoms with Crippen molar-refractivity contribution in [1.29, 1.82) is 0 Å². The first-order valence-corrected chi connectivity index (χ1v) is 9.36. The molecular formula is C19H16ClF4N5O3. The fraction of sp³-hybridized carbons (Fsp3) is 0.263. The number of aryl methyl sites for hydroxylation is 1. The van der Waals surface area contributed by atoms with Gasteiger partial charge in [0.1, 0.15) is 12.4 Å². The summed E-state index contributed by atoms with van der Waals surface area (Å²) in [7, 11) is 1.44. The molecule has 2 aromatic carbocycles. The van der Waals surface area contributed by atoms with E-state index in [9.17, 15) is 22.4 Å². The number of oxime groups is 1. The standard InChI is InChI=1S/C19H16ClF4N5O3/c1-11(12-5-3-6-13(9-12)32-19(23,24)17(21)22)25-31-10-14-15(20)7-4-8-16(14)29-18(30)28(2)26-27-29/h3-9,17H,10H2,1-2H3. The average molecular weight is 474 g/mol. The third kappa shape index (κ3) is 5.07. The molecule has 0 aliphatic rings. The summed E-state index contributed by atoms with van der Waals surface area (Å²) in [6.07, 6.45) is -8.60. The Morgan fingerprint density at radius 3 is 2.59 bits per heavy atom. The quantitative estimate of drug-likeness (QED) is 0.282. The van der Waals surface area contributed by atoms with Gasteiger partial charge in [0, 0.05) is 23.2 Å². The Hall–Kier alpha value is -3.41. The highest BCUT2D eigenvalue weighted by Gasteiger charge is 2.44. The van der Waals surface area contributed by atoms with Gasteiger partial charge in [-0.3, -0.25) is 0 Å². The molecule has 0 bridgehead atoms. The van der Waals surface area contributed by atoms with Gasteiger partial charge in [0.2, 0.25) is 0 Å². The third-order valence-corrected chi connectivity index (χ3v) is 4.57. The maximum Gasteiger partial charge on any atom is 0.461 e. The van der Waals surface area contributed by atoms with E-state index >= 15 is 0 Å². The van der Waals surface area contributed by atoms with Crippen molar-refractivity contribution < 1.29 is 27.1 Å². The van der Waals surface area contributed by atoms with Gasteiger partial charge in [0.05, 0.1) is 11.4 Å². The molecule has 0 fully saturated rings. The number of tetrazole rings is 1. The molecular weight excluding hydrogens is 458 g/mol. The van der Waals surface area contributed by atoms with Crippen molar-refractivity contribution in [1.82, 2.24) is 19.8 Å². The number of nitrogens with zero attached hydrogens (tertiary/aromatic N) is 5. The molecule has 1 heterocycles. The summed E-state index contributed by atoms with van der Waals surface area (Å²) in [5.41, 5.74) is 0.804. The second-order valence-electron chi connectivity index (χ2n) is 6.48. The number of halogens is 5. The van der Waals surface area contributed by atoms with Crippen molar-refractivity contribution in [3.63, 3.8) is 0 Å². The molecule has 8 nitrogen and oxygen atoms in total. The maximum atomic E-state index is 13.1. The van der Waals surface area contributed by atoms with Crippen LogP contribution in [0.3, 0.4) is 0 Å². The predicted octanol–water partition coefficient (Wildman–Crippen LogP) is 3.80. The molecule has 0 atom stereocenters. The normalized spacial score (nSPS) is 12.3. The molecule has 0 aliphatic carbocycles. The van der Waals surface area contributed by atoms with Crippen LogP contribution in [-0.4, -0.2) is 38.0 Å². The van der Waals surface area contributed by atoms with Crippen molar-refractivity contribution in [2.24, 2.45) is 12.2 Å². The number of alkyl halides is 4. The first kappa shape index (κ1) is 23.3. The Kier molecular flexibility index (Phi) is 6.82. The monoisotopic (exact) mass is 473 g/mol. The molecule has 0 spiro atoms. The second kappa shape index (κ2) is 9.39. The maximum absolute atomic E-state index is 13.1. The highest BCUT2D eigenvalue weighted by Crippen LogP contribution is 2.28. The van der Waals surface area contributed by atoms with Crippen LogP contribution in [0.15, 0.2) is 52.4 Å². The van der Waals surface area contributed by atoms with Gasteiger partial charge in [0.15, 0.2) is 0 Å². The van der Waals surface area contributed by atoms with Crippen LogP contribution in [0.4, 0.5) is 17.6 Å². The smallest absolute Gasteiger partial charge is 0.428 e. The lowest BCUT2D eigenvalue weighted by Gasteiger charge is -2.17. The van der Waals surface area contributed by atoms with Gasteiger partial charge in [-0.05, 0) is 41.6 Å². The molecule has 170 valence electrons. The van der Waals surface area contributed by atoms with Crippen molar-refractivity contribution in [3.05, 3.63) is 69.1 Å². The van der Waals surface area contributed by atoms with Crippen LogP contribution in [0.2, 0.25) is 5.02 Å². The van der Waals surface area contributed by atoms with Crippen molar-refractivity contribution in [2.75, 3.05) is 0 Å². The Bertz CT molecular complexity index is 1200. The summed E-state index contributed by atoms with van der Waals surface area (Å²) in [4.78, 5) is 17.5. The molecule has 0 amide bonds. The zero-order chi connectivity index (χ0) is 23.5. The number of hydrogen-bond donors (Lipinski definition) is 0. The lowest BCUT2D eigenvalue weighted by Crippen LogP contribution is -2.33. The van der Waals surface area contributed by atoms with E-state index in [0.29, 0.717) is 16.8 Å². The Labute approximate surface area is 183 Å². The van der Waals surface area contributed by atoms with E-state index in [1.807, 2.05) is 0 Å². The van der Waals surface area contributed by atoms with E-state index in [1.54, 1.807) is 18.2 Å². The van der Waals surface area contributed by atoms with Crippen LogP contribution in [0.25, 0.3) is 5.69 Å². The van der Waals surface area contributed by atoms with Crippen LogP contribution >= 0.6 is 11.6 Å². The van der Waals surface area contributed by atoms with Gasteiger partial charge in [-0.25, -0.2) is 4.79 Å². The average Bonchev–Trinajstić information content (AvgIpc) is 3.07. The van der Waals surface area contributed by atoms with Gasteiger partial charge in [-0.15, -0.1) is 0 Å². The fourth-order valence-electron chi connectivity index (χ4n) is 2.59. The van der Waals surface area contributed by atoms with E-state index in [1.165, 1.54) is 26.1 Å². The Balaban J connectivity index is 1.78.